The number of ketones is 1. The number of ether oxygens (including phenoxy) is 1. The maximum absolute atomic E-state index is 13.6. The number of unbranched alkanes of at least 4 members (excludes halogenated alkanes) is 11. The summed E-state index contributed by atoms with van der Waals surface area (Å²) in [7, 11) is 0. The van der Waals surface area contributed by atoms with Gasteiger partial charge in [0.2, 0.25) is 11.7 Å². The average molecular weight is 548 g/mol. The van der Waals surface area contributed by atoms with Gasteiger partial charge in [-0.25, -0.2) is 4.98 Å². The molecule has 11 nitrogen and oxygen atoms in total. The summed E-state index contributed by atoms with van der Waals surface area (Å²) in [6.45, 7) is 1.63. The minimum absolute atomic E-state index is 0.0565. The van der Waals surface area contributed by atoms with Crippen LogP contribution < -0.4 is 11.3 Å². The zero-order valence-electron chi connectivity index (χ0n) is 23.1. The molecule has 0 amide bonds. The lowest BCUT2D eigenvalue weighted by molar-refractivity contribution is -0.174. The molecule has 0 spiro atoms. The normalized spacial score (nSPS) is 23.3. The monoisotopic (exact) mass is 547 g/mol. The maximum Gasteiger partial charge on any atom is 0.280 e. The topological polar surface area (TPSA) is 177 Å². The third-order valence-corrected chi connectivity index (χ3v) is 7.46. The largest absolute Gasteiger partial charge is 0.394 e. The highest BCUT2D eigenvalue weighted by molar-refractivity contribution is 5.88. The highest BCUT2D eigenvalue weighted by atomic mass is 16.6. The predicted octanol–water partition coefficient (Wildman–Crippen LogP) is 3.07. The summed E-state index contributed by atoms with van der Waals surface area (Å²) in [4.78, 5) is 36.3. The van der Waals surface area contributed by atoms with Crippen molar-refractivity contribution in [2.24, 2.45) is 0 Å². The minimum atomic E-state index is -2.09. The van der Waals surface area contributed by atoms with E-state index in [1.54, 1.807) is 0 Å². The quantitative estimate of drug-likeness (QED) is 0.139. The Balaban J connectivity index is 1.50. The molecule has 3 rings (SSSR count). The number of Topliss-reactive ketones (excluding diaryl/α,β-unsaturated/α-hetero) is 1. The van der Waals surface area contributed by atoms with Crippen molar-refractivity contribution in [3.05, 3.63) is 28.8 Å². The Morgan fingerprint density at radius 3 is 2.31 bits per heavy atom. The number of anilines is 1. The fourth-order valence-electron chi connectivity index (χ4n) is 5.22. The molecule has 1 aliphatic rings. The van der Waals surface area contributed by atoms with Gasteiger partial charge in [0.05, 0.1) is 6.61 Å². The highest BCUT2D eigenvalue weighted by Crippen LogP contribution is 2.39. The van der Waals surface area contributed by atoms with Gasteiger partial charge in [0.1, 0.15) is 24.6 Å². The second-order valence-corrected chi connectivity index (χ2v) is 10.5. The SMILES string of the molecule is CCCCCCCC/C=C\CCCCCCCC(=O)[C@@]1(n2cnc3c(=O)[nH]c(N)nc32)O[C@H](CO)[C@@H](O)[C@H]1O. The van der Waals surface area contributed by atoms with Crippen molar-refractivity contribution in [3.63, 3.8) is 0 Å². The van der Waals surface area contributed by atoms with Crippen LogP contribution in [0, 0.1) is 0 Å². The Kier molecular flexibility index (Phi) is 12.1. The van der Waals surface area contributed by atoms with Gasteiger partial charge < -0.3 is 25.8 Å². The van der Waals surface area contributed by atoms with Crippen LogP contribution in [0.25, 0.3) is 11.2 Å². The van der Waals surface area contributed by atoms with Gasteiger partial charge in [-0.15, -0.1) is 0 Å². The lowest BCUT2D eigenvalue weighted by Crippen LogP contribution is -2.51. The van der Waals surface area contributed by atoms with E-state index in [4.69, 9.17) is 10.5 Å². The van der Waals surface area contributed by atoms with Crippen LogP contribution in [0.15, 0.2) is 23.3 Å². The van der Waals surface area contributed by atoms with E-state index in [1.165, 1.54) is 44.9 Å². The van der Waals surface area contributed by atoms with Gasteiger partial charge in [0.15, 0.2) is 16.9 Å². The predicted molar refractivity (Wildman–Crippen MR) is 149 cm³/mol. The number of nitrogen functional groups attached to an aromatic ring is 1. The van der Waals surface area contributed by atoms with E-state index >= 15 is 0 Å². The molecule has 1 saturated heterocycles. The molecule has 3 heterocycles. The number of aromatic amines is 1. The van der Waals surface area contributed by atoms with E-state index in [1.807, 2.05) is 0 Å². The number of allylic oxidation sites excluding steroid dienone is 2. The van der Waals surface area contributed by atoms with Crippen LogP contribution in [0.5, 0.6) is 0 Å². The lowest BCUT2D eigenvalue weighted by Gasteiger charge is -2.32. The van der Waals surface area contributed by atoms with E-state index in [0.29, 0.717) is 6.42 Å². The number of rotatable bonds is 18. The first-order chi connectivity index (χ1) is 18.9. The Labute approximate surface area is 229 Å². The van der Waals surface area contributed by atoms with E-state index in [9.17, 15) is 24.9 Å². The van der Waals surface area contributed by atoms with Gasteiger partial charge in [-0.3, -0.25) is 19.1 Å². The highest BCUT2D eigenvalue weighted by Gasteiger charge is 2.60. The fraction of sp³-hybridized carbons (Fsp3) is 0.714. The molecule has 6 N–H and O–H groups in total. The number of H-pyrrole nitrogens is 1. The molecule has 4 atom stereocenters. The Morgan fingerprint density at radius 1 is 1.08 bits per heavy atom. The Hall–Kier alpha value is -2.60. The van der Waals surface area contributed by atoms with Gasteiger partial charge in [-0.05, 0) is 32.1 Å². The zero-order valence-corrected chi connectivity index (χ0v) is 23.1. The summed E-state index contributed by atoms with van der Waals surface area (Å²) in [5.41, 5.74) is 2.85. The van der Waals surface area contributed by atoms with Crippen molar-refractivity contribution in [2.45, 2.75) is 121 Å². The third kappa shape index (κ3) is 7.53. The fourth-order valence-corrected chi connectivity index (χ4v) is 5.22. The molecule has 2 aromatic rings. The smallest absolute Gasteiger partial charge is 0.280 e. The van der Waals surface area contributed by atoms with Crippen LogP contribution in [0.4, 0.5) is 5.95 Å². The van der Waals surface area contributed by atoms with Gasteiger partial charge in [0.25, 0.3) is 5.56 Å². The average Bonchev–Trinajstić information content (AvgIpc) is 3.45. The summed E-state index contributed by atoms with van der Waals surface area (Å²) in [6, 6.07) is 0. The number of fused-ring (bicyclic) bond motifs is 1. The van der Waals surface area contributed by atoms with Crippen LogP contribution in [0.1, 0.15) is 96.8 Å². The number of nitrogens with zero attached hydrogens (tertiary/aromatic N) is 3. The number of imidazole rings is 1. The van der Waals surface area contributed by atoms with E-state index in [2.05, 4.69) is 34.0 Å². The van der Waals surface area contributed by atoms with Gasteiger partial charge in [-0.1, -0.05) is 70.4 Å². The molecule has 0 saturated carbocycles. The number of aliphatic hydroxyl groups excluding tert-OH is 3. The summed E-state index contributed by atoms with van der Waals surface area (Å²) in [5.74, 6) is -0.691. The van der Waals surface area contributed by atoms with Crippen LogP contribution in [-0.2, 0) is 15.3 Å². The van der Waals surface area contributed by atoms with E-state index in [0.717, 1.165) is 43.1 Å². The molecule has 0 radical (unpaired) electrons. The summed E-state index contributed by atoms with van der Waals surface area (Å²) in [5, 5.41) is 31.1. The number of aromatic nitrogens is 4. The van der Waals surface area contributed by atoms with Crippen molar-refractivity contribution < 1.29 is 24.9 Å². The molecule has 0 bridgehead atoms. The molecule has 1 fully saturated rings. The second-order valence-electron chi connectivity index (χ2n) is 10.5. The number of hydrogen-bond acceptors (Lipinski definition) is 9. The van der Waals surface area contributed by atoms with Gasteiger partial charge in [0, 0.05) is 6.42 Å². The summed E-state index contributed by atoms with van der Waals surface area (Å²) < 4.78 is 6.96. The molecule has 218 valence electrons. The molecule has 0 aromatic carbocycles. The van der Waals surface area contributed by atoms with Crippen molar-refractivity contribution >= 4 is 22.9 Å². The third-order valence-electron chi connectivity index (χ3n) is 7.46. The summed E-state index contributed by atoms with van der Waals surface area (Å²) >= 11 is 0. The lowest BCUT2D eigenvalue weighted by atomic mass is 9.94. The van der Waals surface area contributed by atoms with Crippen LogP contribution in [0.3, 0.4) is 0 Å². The number of aliphatic hydroxyl groups is 3. The first-order valence-corrected chi connectivity index (χ1v) is 14.4. The zero-order chi connectivity index (χ0) is 28.3. The number of hydrogen-bond donors (Lipinski definition) is 5. The van der Waals surface area contributed by atoms with Gasteiger partial charge >= 0.3 is 0 Å². The summed E-state index contributed by atoms with van der Waals surface area (Å²) in [6.07, 6.45) is 16.0. The van der Waals surface area contributed by atoms with Crippen LogP contribution >= 0.6 is 0 Å². The molecular weight excluding hydrogens is 502 g/mol. The first kappa shape index (κ1) is 30.9. The molecule has 0 aliphatic carbocycles. The number of nitrogens with two attached hydrogens (primary N) is 1. The molecule has 0 unspecified atom stereocenters. The van der Waals surface area contributed by atoms with Crippen molar-refractivity contribution in [3.8, 4) is 0 Å². The number of nitrogens with one attached hydrogen (secondary N) is 1. The second kappa shape index (κ2) is 15.3. The first-order valence-electron chi connectivity index (χ1n) is 14.4. The van der Waals surface area contributed by atoms with Gasteiger partial charge in [-0.2, -0.15) is 4.98 Å². The molecule has 1 aliphatic heterocycles. The minimum Gasteiger partial charge on any atom is -0.394 e. The van der Waals surface area contributed by atoms with E-state index < -0.39 is 42.0 Å². The van der Waals surface area contributed by atoms with Crippen molar-refractivity contribution in [2.75, 3.05) is 12.3 Å². The molecule has 11 heteroatoms. The Bertz CT molecular complexity index is 1130. The Morgan fingerprint density at radius 2 is 1.69 bits per heavy atom. The van der Waals surface area contributed by atoms with Crippen LogP contribution in [0.2, 0.25) is 0 Å². The standard InChI is InChI=1S/C28H45N5O6/c1-2-3-4-5-6-7-8-9-10-11-12-13-14-15-16-17-21(35)28(24(37)23(36)20(18-34)39-28)33-19-30-22-25(33)31-27(29)32-26(22)38/h9-10,19-20,23-24,34,36-37H,2-8,11-18H2,1H3,(H3,29,31,32,38)/b10-9-/t20-,23-,24-,28-/m1/s1. The number of carbonyl (C=O) groups is 1. The molecule has 2 aromatic heterocycles. The number of carbonyl (C=O) groups excluding carboxylic acids is 1. The molecule has 39 heavy (non-hydrogen) atoms. The maximum atomic E-state index is 13.6. The van der Waals surface area contributed by atoms with Crippen molar-refractivity contribution in [1.29, 1.82) is 0 Å². The molecular formula is C28H45N5O6. The van der Waals surface area contributed by atoms with E-state index in [-0.39, 0.29) is 23.5 Å². The van der Waals surface area contributed by atoms with Crippen molar-refractivity contribution in [1.82, 2.24) is 19.5 Å². The van der Waals surface area contributed by atoms with Crippen LogP contribution in [-0.4, -0.2) is 65.5 Å².